The summed E-state index contributed by atoms with van der Waals surface area (Å²) in [6.07, 6.45) is 19.8. The Morgan fingerprint density at radius 3 is 1.39 bits per heavy atom. The van der Waals surface area contributed by atoms with Gasteiger partial charge in [0.15, 0.2) is 0 Å². The zero-order valence-corrected chi connectivity index (χ0v) is 21.8. The van der Waals surface area contributed by atoms with Crippen molar-refractivity contribution in [2.45, 2.75) is 141 Å². The van der Waals surface area contributed by atoms with Crippen molar-refractivity contribution in [2.75, 3.05) is 0 Å². The molecule has 1 N–H and O–H groups in total. The molecule has 0 aromatic heterocycles. The fourth-order valence-electron chi connectivity index (χ4n) is 3.66. The Bertz CT molecular complexity index is 415. The summed E-state index contributed by atoms with van der Waals surface area (Å²) in [6, 6.07) is 0. The Morgan fingerprint density at radius 2 is 1.07 bits per heavy atom. The molecule has 164 valence electrons. The minimum atomic E-state index is -4.28. The van der Waals surface area contributed by atoms with Crippen molar-refractivity contribution >= 4 is 10.1 Å². The van der Waals surface area contributed by atoms with E-state index >= 15 is 0 Å². The molecule has 2 atom stereocenters. The van der Waals surface area contributed by atoms with Crippen LogP contribution >= 0.6 is 0 Å². The van der Waals surface area contributed by atoms with Crippen molar-refractivity contribution in [2.24, 2.45) is 0 Å². The molecule has 28 heavy (non-hydrogen) atoms. The van der Waals surface area contributed by atoms with Crippen LogP contribution in [0.25, 0.3) is 0 Å². The Balaban J connectivity index is 0. The van der Waals surface area contributed by atoms with E-state index in [4.69, 9.17) is 0 Å². The van der Waals surface area contributed by atoms with Gasteiger partial charge >= 0.3 is 29.6 Å². The first kappa shape index (κ1) is 31.1. The summed E-state index contributed by atoms with van der Waals surface area (Å²) in [6.45, 7) is 3.94. The van der Waals surface area contributed by atoms with Crippen molar-refractivity contribution in [1.29, 1.82) is 0 Å². The maximum Gasteiger partial charge on any atom is 1.00 e. The van der Waals surface area contributed by atoms with Crippen LogP contribution in [0, 0.1) is 0 Å². The third-order valence-electron chi connectivity index (χ3n) is 5.54. The molecule has 0 heterocycles. The van der Waals surface area contributed by atoms with Gasteiger partial charge in [0.1, 0.15) is 0 Å². The molecular formula is C22H45NaO4S. The van der Waals surface area contributed by atoms with Crippen molar-refractivity contribution < 1.29 is 47.6 Å². The summed E-state index contributed by atoms with van der Waals surface area (Å²) >= 11 is 0. The molecule has 0 aromatic rings. The molecule has 6 heteroatoms. The Labute approximate surface area is 197 Å². The predicted molar refractivity (Wildman–Crippen MR) is 114 cm³/mol. The first-order valence-corrected chi connectivity index (χ1v) is 13.0. The van der Waals surface area contributed by atoms with Crippen LogP contribution in [0.4, 0.5) is 0 Å². The van der Waals surface area contributed by atoms with E-state index < -0.39 is 21.5 Å². The van der Waals surface area contributed by atoms with Gasteiger partial charge in [-0.1, -0.05) is 110 Å². The number of aliphatic hydroxyl groups is 1. The van der Waals surface area contributed by atoms with E-state index in [1.165, 1.54) is 83.5 Å². The van der Waals surface area contributed by atoms with E-state index in [1.807, 2.05) is 0 Å². The first-order chi connectivity index (χ1) is 12.9. The largest absolute Gasteiger partial charge is 1.00 e. The second-order valence-electron chi connectivity index (χ2n) is 8.15. The maximum absolute atomic E-state index is 11.0. The smallest absolute Gasteiger partial charge is 0.748 e. The molecule has 0 aliphatic carbocycles. The number of unbranched alkanes of at least 4 members (excludes halogenated alkanes) is 14. The van der Waals surface area contributed by atoms with E-state index in [1.54, 1.807) is 6.92 Å². The number of hydrogen-bond donors (Lipinski definition) is 1. The summed E-state index contributed by atoms with van der Waals surface area (Å²) in [5.74, 6) is 0. The van der Waals surface area contributed by atoms with Gasteiger partial charge in [-0.3, -0.25) is 0 Å². The van der Waals surface area contributed by atoms with Gasteiger partial charge in [-0.25, -0.2) is 8.42 Å². The third-order valence-corrected chi connectivity index (χ3v) is 6.88. The molecule has 0 spiro atoms. The molecule has 0 rings (SSSR count). The topological polar surface area (TPSA) is 77.4 Å². The van der Waals surface area contributed by atoms with Crippen LogP contribution in [0.5, 0.6) is 0 Å². The van der Waals surface area contributed by atoms with Gasteiger partial charge in [-0.15, -0.1) is 0 Å². The second-order valence-corrected chi connectivity index (χ2v) is 9.80. The average Bonchev–Trinajstić information content (AvgIpc) is 2.62. The molecule has 0 aliphatic rings. The van der Waals surface area contributed by atoms with E-state index in [9.17, 15) is 18.1 Å². The minimum absolute atomic E-state index is 0. The molecule has 0 amide bonds. The maximum atomic E-state index is 11.0. The summed E-state index contributed by atoms with van der Waals surface area (Å²) in [7, 11) is -4.28. The van der Waals surface area contributed by atoms with Gasteiger partial charge in [0.25, 0.3) is 0 Å². The quantitative estimate of drug-likeness (QED) is 0.183. The molecule has 0 aromatic carbocycles. The molecule has 0 saturated carbocycles. The van der Waals surface area contributed by atoms with Crippen LogP contribution in [-0.2, 0) is 10.1 Å². The third kappa shape index (κ3) is 20.2. The van der Waals surface area contributed by atoms with Crippen LogP contribution in [-0.4, -0.2) is 29.4 Å². The van der Waals surface area contributed by atoms with E-state index in [0.29, 0.717) is 6.42 Å². The van der Waals surface area contributed by atoms with Crippen LogP contribution in [0.15, 0.2) is 0 Å². The van der Waals surface area contributed by atoms with Gasteiger partial charge in [-0.05, 0) is 19.3 Å². The Hall–Kier alpha value is 0.870. The van der Waals surface area contributed by atoms with Gasteiger partial charge in [0, 0.05) is 0 Å². The van der Waals surface area contributed by atoms with Gasteiger partial charge in [0.2, 0.25) is 0 Å². The fourth-order valence-corrected chi connectivity index (χ4v) is 4.53. The summed E-state index contributed by atoms with van der Waals surface area (Å²) in [4.78, 5) is 0. The monoisotopic (exact) mass is 428 g/mol. The van der Waals surface area contributed by atoms with Crippen LogP contribution < -0.4 is 29.6 Å². The zero-order chi connectivity index (χ0) is 20.4. The van der Waals surface area contributed by atoms with Crippen molar-refractivity contribution in [3.05, 3.63) is 0 Å². The van der Waals surface area contributed by atoms with Crippen LogP contribution in [0.3, 0.4) is 0 Å². The van der Waals surface area contributed by atoms with Crippen LogP contribution in [0.1, 0.15) is 129 Å². The van der Waals surface area contributed by atoms with Gasteiger partial charge < -0.3 is 9.66 Å². The van der Waals surface area contributed by atoms with Crippen molar-refractivity contribution in [3.63, 3.8) is 0 Å². The van der Waals surface area contributed by atoms with E-state index in [0.717, 1.165) is 12.8 Å². The molecule has 4 nitrogen and oxygen atoms in total. The molecule has 0 aliphatic heterocycles. The average molecular weight is 429 g/mol. The number of aliphatic hydroxyl groups excluding tert-OH is 1. The number of rotatable bonds is 20. The molecule has 0 saturated heterocycles. The zero-order valence-electron chi connectivity index (χ0n) is 19.0. The molecule has 0 bridgehead atoms. The summed E-state index contributed by atoms with van der Waals surface area (Å²) < 4.78 is 33.1. The normalized spacial score (nSPS) is 13.9. The standard InChI is InChI=1S/C22H46O4S.Na/c1-3-5-6-7-8-9-10-11-12-13-14-15-16-17-18-19-21(23)20-22(4-2)27(24,25)26;/h21-23H,3-20H2,1-2H3,(H,24,25,26);/q;+1/p-1. The fraction of sp³-hybridized carbons (Fsp3) is 1.00. The molecular weight excluding hydrogens is 383 g/mol. The van der Waals surface area contributed by atoms with Crippen LogP contribution in [0.2, 0.25) is 0 Å². The first-order valence-electron chi connectivity index (χ1n) is 11.5. The second kappa shape index (κ2) is 21.1. The SMILES string of the molecule is CCCCCCCCCCCCCCCCCC(O)CC(CC)S(=O)(=O)[O-].[Na+]. The van der Waals surface area contributed by atoms with E-state index in [2.05, 4.69) is 6.92 Å². The molecule has 2 unspecified atom stereocenters. The molecule has 0 fully saturated rings. The summed E-state index contributed by atoms with van der Waals surface area (Å²) in [5, 5.41) is 8.97. The van der Waals surface area contributed by atoms with Gasteiger partial charge in [-0.2, -0.15) is 0 Å². The molecule has 0 radical (unpaired) electrons. The van der Waals surface area contributed by atoms with Gasteiger partial charge in [0.05, 0.1) is 21.5 Å². The number of hydrogen-bond acceptors (Lipinski definition) is 4. The van der Waals surface area contributed by atoms with Crippen molar-refractivity contribution in [3.8, 4) is 0 Å². The summed E-state index contributed by atoms with van der Waals surface area (Å²) in [5.41, 5.74) is 0. The van der Waals surface area contributed by atoms with Crippen molar-refractivity contribution in [1.82, 2.24) is 0 Å². The minimum Gasteiger partial charge on any atom is -0.748 e. The predicted octanol–water partition coefficient (Wildman–Crippen LogP) is 3.33. The van der Waals surface area contributed by atoms with E-state index in [-0.39, 0.29) is 42.4 Å². The Morgan fingerprint density at radius 1 is 0.714 bits per heavy atom. The Kier molecular flexibility index (Phi) is 23.4.